The van der Waals surface area contributed by atoms with Crippen LogP contribution in [0, 0.1) is 17.2 Å². The summed E-state index contributed by atoms with van der Waals surface area (Å²) in [6, 6.07) is 2.45. The molecule has 2 heteroatoms. The molecule has 0 aromatic rings. The van der Waals surface area contributed by atoms with E-state index in [0.29, 0.717) is 0 Å². The summed E-state index contributed by atoms with van der Waals surface area (Å²) in [5.74, 6) is 0.885. The zero-order valence-electron chi connectivity index (χ0n) is 7.47. The molecular weight excluding hydrogens is 148 g/mol. The number of nitrogens with one attached hydrogen (secondary N) is 1. The Hall–Kier alpha value is -0.550. The predicted octanol–water partition coefficient (Wildman–Crippen LogP) is 1.82. The van der Waals surface area contributed by atoms with Crippen LogP contribution in [0.5, 0.6) is 0 Å². The van der Waals surface area contributed by atoms with Gasteiger partial charge in [-0.05, 0) is 38.1 Å². The fraction of sp³-hybridized carbons (Fsp3) is 0.900. The molecule has 0 aromatic heterocycles. The van der Waals surface area contributed by atoms with Gasteiger partial charge < -0.3 is 0 Å². The molecule has 0 atom stereocenters. The lowest BCUT2D eigenvalue weighted by Gasteiger charge is -2.21. The highest BCUT2D eigenvalue weighted by atomic mass is 15.0. The van der Waals surface area contributed by atoms with Gasteiger partial charge in [0.1, 0.15) is 5.54 Å². The van der Waals surface area contributed by atoms with Crippen LogP contribution in [0.1, 0.15) is 38.5 Å². The van der Waals surface area contributed by atoms with Crippen molar-refractivity contribution in [3.8, 4) is 6.07 Å². The molecule has 0 heterocycles. The van der Waals surface area contributed by atoms with E-state index in [1.165, 1.54) is 25.7 Å². The maximum absolute atomic E-state index is 9.04. The van der Waals surface area contributed by atoms with E-state index in [-0.39, 0.29) is 5.54 Å². The molecule has 2 fully saturated rings. The Morgan fingerprint density at radius 2 is 2.00 bits per heavy atom. The van der Waals surface area contributed by atoms with Gasteiger partial charge in [-0.3, -0.25) is 5.32 Å². The Balaban J connectivity index is 1.84. The van der Waals surface area contributed by atoms with Gasteiger partial charge in [0.2, 0.25) is 0 Å². The van der Waals surface area contributed by atoms with Crippen molar-refractivity contribution in [3.05, 3.63) is 0 Å². The van der Waals surface area contributed by atoms with E-state index < -0.39 is 0 Å². The molecule has 66 valence electrons. The Labute approximate surface area is 74.0 Å². The van der Waals surface area contributed by atoms with Crippen molar-refractivity contribution in [2.45, 2.75) is 44.1 Å². The largest absolute Gasteiger partial charge is 0.299 e. The molecule has 2 saturated carbocycles. The van der Waals surface area contributed by atoms with Crippen molar-refractivity contribution in [2.75, 3.05) is 6.54 Å². The summed E-state index contributed by atoms with van der Waals surface area (Å²) >= 11 is 0. The molecule has 2 rings (SSSR count). The molecule has 0 saturated heterocycles. The third-order valence-corrected chi connectivity index (χ3v) is 3.10. The molecule has 0 spiro atoms. The van der Waals surface area contributed by atoms with Gasteiger partial charge in [-0.25, -0.2) is 0 Å². The first-order chi connectivity index (χ1) is 5.85. The SMILES string of the molecule is N#CC1(NCC2CC2)CCCC1. The molecule has 2 nitrogen and oxygen atoms in total. The average Bonchev–Trinajstić information content (AvgIpc) is 2.82. The number of nitrogens with zero attached hydrogens (tertiary/aromatic N) is 1. The summed E-state index contributed by atoms with van der Waals surface area (Å²) in [4.78, 5) is 0. The fourth-order valence-corrected chi connectivity index (χ4v) is 1.97. The first-order valence-corrected chi connectivity index (χ1v) is 5.01. The lowest BCUT2D eigenvalue weighted by atomic mass is 10.00. The van der Waals surface area contributed by atoms with Gasteiger partial charge in [-0.1, -0.05) is 12.8 Å². The Morgan fingerprint density at radius 1 is 1.33 bits per heavy atom. The molecular formula is C10H16N2. The highest BCUT2D eigenvalue weighted by Crippen LogP contribution is 2.32. The van der Waals surface area contributed by atoms with Gasteiger partial charge in [0.15, 0.2) is 0 Å². The Morgan fingerprint density at radius 3 is 2.50 bits per heavy atom. The topological polar surface area (TPSA) is 35.8 Å². The highest BCUT2D eigenvalue weighted by Gasteiger charge is 2.35. The van der Waals surface area contributed by atoms with Crippen LogP contribution in [0.15, 0.2) is 0 Å². The minimum Gasteiger partial charge on any atom is -0.299 e. The fourth-order valence-electron chi connectivity index (χ4n) is 1.97. The zero-order chi connectivity index (χ0) is 8.44. The lowest BCUT2D eigenvalue weighted by Crippen LogP contribution is -2.42. The van der Waals surface area contributed by atoms with Crippen LogP contribution in [0.3, 0.4) is 0 Å². The summed E-state index contributed by atoms with van der Waals surface area (Å²) in [6.45, 7) is 1.08. The van der Waals surface area contributed by atoms with Crippen molar-refractivity contribution in [2.24, 2.45) is 5.92 Å². The van der Waals surface area contributed by atoms with E-state index in [1.54, 1.807) is 0 Å². The van der Waals surface area contributed by atoms with E-state index in [4.69, 9.17) is 5.26 Å². The number of hydrogen-bond acceptors (Lipinski definition) is 2. The van der Waals surface area contributed by atoms with Crippen LogP contribution in [0.2, 0.25) is 0 Å². The third-order valence-electron chi connectivity index (χ3n) is 3.10. The predicted molar refractivity (Wildman–Crippen MR) is 47.5 cm³/mol. The van der Waals surface area contributed by atoms with Crippen LogP contribution in [0.25, 0.3) is 0 Å². The van der Waals surface area contributed by atoms with E-state index >= 15 is 0 Å². The lowest BCUT2D eigenvalue weighted by molar-refractivity contribution is 0.413. The van der Waals surface area contributed by atoms with Crippen LogP contribution in [-0.2, 0) is 0 Å². The van der Waals surface area contributed by atoms with Gasteiger partial charge >= 0.3 is 0 Å². The van der Waals surface area contributed by atoms with E-state index in [1.807, 2.05) is 0 Å². The molecule has 0 amide bonds. The number of nitriles is 1. The Bertz CT molecular complexity index is 194. The van der Waals surface area contributed by atoms with Gasteiger partial charge in [-0.2, -0.15) is 5.26 Å². The molecule has 0 bridgehead atoms. The van der Waals surface area contributed by atoms with Crippen molar-refractivity contribution >= 4 is 0 Å². The maximum Gasteiger partial charge on any atom is 0.106 e. The molecule has 0 radical (unpaired) electrons. The molecule has 0 unspecified atom stereocenters. The smallest absolute Gasteiger partial charge is 0.106 e. The van der Waals surface area contributed by atoms with Crippen LogP contribution in [0.4, 0.5) is 0 Å². The average molecular weight is 164 g/mol. The highest BCUT2D eigenvalue weighted by molar-refractivity contribution is 5.10. The maximum atomic E-state index is 9.04. The molecule has 0 aliphatic heterocycles. The summed E-state index contributed by atoms with van der Waals surface area (Å²) in [5, 5.41) is 12.5. The molecule has 0 aromatic carbocycles. The molecule has 2 aliphatic rings. The first-order valence-electron chi connectivity index (χ1n) is 5.01. The van der Waals surface area contributed by atoms with Crippen LogP contribution >= 0.6 is 0 Å². The normalized spacial score (nSPS) is 26.9. The second-order valence-electron chi connectivity index (χ2n) is 4.23. The third kappa shape index (κ3) is 1.61. The Kier molecular flexibility index (Phi) is 2.06. The van der Waals surface area contributed by atoms with Crippen LogP contribution < -0.4 is 5.32 Å². The quantitative estimate of drug-likeness (QED) is 0.690. The van der Waals surface area contributed by atoms with E-state index in [9.17, 15) is 0 Å². The van der Waals surface area contributed by atoms with Crippen molar-refractivity contribution < 1.29 is 0 Å². The summed E-state index contributed by atoms with van der Waals surface area (Å²) in [5.41, 5.74) is -0.136. The number of hydrogen-bond donors (Lipinski definition) is 1. The van der Waals surface area contributed by atoms with E-state index in [2.05, 4.69) is 11.4 Å². The second-order valence-corrected chi connectivity index (χ2v) is 4.23. The van der Waals surface area contributed by atoms with Crippen LogP contribution in [-0.4, -0.2) is 12.1 Å². The van der Waals surface area contributed by atoms with Gasteiger partial charge in [-0.15, -0.1) is 0 Å². The molecule has 2 aliphatic carbocycles. The second kappa shape index (κ2) is 3.06. The van der Waals surface area contributed by atoms with E-state index in [0.717, 1.165) is 25.3 Å². The minimum absolute atomic E-state index is 0.136. The monoisotopic (exact) mass is 164 g/mol. The number of rotatable bonds is 3. The van der Waals surface area contributed by atoms with Gasteiger partial charge in [0.25, 0.3) is 0 Å². The summed E-state index contributed by atoms with van der Waals surface area (Å²) in [7, 11) is 0. The van der Waals surface area contributed by atoms with Gasteiger partial charge in [0.05, 0.1) is 6.07 Å². The summed E-state index contributed by atoms with van der Waals surface area (Å²) in [6.07, 6.45) is 7.33. The zero-order valence-corrected chi connectivity index (χ0v) is 7.47. The first kappa shape index (κ1) is 8.07. The minimum atomic E-state index is -0.136. The van der Waals surface area contributed by atoms with Crippen molar-refractivity contribution in [3.63, 3.8) is 0 Å². The summed E-state index contributed by atoms with van der Waals surface area (Å²) < 4.78 is 0. The van der Waals surface area contributed by atoms with Crippen molar-refractivity contribution in [1.82, 2.24) is 5.32 Å². The van der Waals surface area contributed by atoms with Crippen molar-refractivity contribution in [1.29, 1.82) is 5.26 Å². The van der Waals surface area contributed by atoms with Gasteiger partial charge in [0, 0.05) is 0 Å². The molecule has 1 N–H and O–H groups in total. The standard InChI is InChI=1S/C10H16N2/c11-8-10(5-1-2-6-10)12-7-9-3-4-9/h9,12H,1-7H2. The molecule has 12 heavy (non-hydrogen) atoms.